The number of hydrogen-bond donors (Lipinski definition) is 0. The van der Waals surface area contributed by atoms with Crippen LogP contribution in [0.5, 0.6) is 0 Å². The molecule has 0 spiro atoms. The normalized spacial score (nSPS) is 15.4. The van der Waals surface area contributed by atoms with Gasteiger partial charge in [-0.25, -0.2) is 9.37 Å². The number of nitrogens with zero attached hydrogens (tertiary/aromatic N) is 1. The largest absolute Gasteiger partial charge is 0.248 e. The van der Waals surface area contributed by atoms with E-state index in [9.17, 15) is 4.39 Å². The van der Waals surface area contributed by atoms with E-state index in [-0.39, 0.29) is 5.82 Å². The van der Waals surface area contributed by atoms with Gasteiger partial charge in [0.1, 0.15) is 5.82 Å². The van der Waals surface area contributed by atoms with E-state index in [4.69, 9.17) is 0 Å². The molecule has 1 nitrogen and oxygen atoms in total. The summed E-state index contributed by atoms with van der Waals surface area (Å²) in [6, 6.07) is 8.78. The zero-order valence-corrected chi connectivity index (χ0v) is 8.91. The lowest BCUT2D eigenvalue weighted by Gasteiger charge is -2.04. The fraction of sp³-hybridized carbons (Fsp3) is 0.214. The second-order valence-corrected chi connectivity index (χ2v) is 4.12. The Morgan fingerprint density at radius 1 is 1.12 bits per heavy atom. The van der Waals surface area contributed by atoms with Crippen LogP contribution >= 0.6 is 0 Å². The summed E-state index contributed by atoms with van der Waals surface area (Å²) in [7, 11) is 0. The predicted molar refractivity (Wildman–Crippen MR) is 63.5 cm³/mol. The van der Waals surface area contributed by atoms with E-state index in [1.807, 2.05) is 18.2 Å². The minimum absolute atomic E-state index is 0.197. The first-order valence-electron chi connectivity index (χ1n) is 5.59. The summed E-state index contributed by atoms with van der Waals surface area (Å²) in [6.45, 7) is 0. The summed E-state index contributed by atoms with van der Waals surface area (Å²) in [5.41, 5.74) is 3.03. The number of benzene rings is 1. The van der Waals surface area contributed by atoms with Crippen LogP contribution in [-0.2, 0) is 0 Å². The first kappa shape index (κ1) is 9.52. The molecule has 2 heteroatoms. The number of rotatable bonds is 1. The van der Waals surface area contributed by atoms with Crippen LogP contribution in [0.15, 0.2) is 36.4 Å². The van der Waals surface area contributed by atoms with Crippen LogP contribution in [0.3, 0.4) is 0 Å². The van der Waals surface area contributed by atoms with Crippen LogP contribution in [0.25, 0.3) is 16.5 Å². The highest BCUT2D eigenvalue weighted by atomic mass is 19.1. The molecule has 0 amide bonds. The highest BCUT2D eigenvalue weighted by Crippen LogP contribution is 2.27. The van der Waals surface area contributed by atoms with Gasteiger partial charge in [-0.2, -0.15) is 0 Å². The lowest BCUT2D eigenvalue weighted by atomic mass is 10.1. The Labute approximate surface area is 93.6 Å². The zero-order valence-electron chi connectivity index (χ0n) is 8.91. The standard InChI is InChI=1S/C14H12FN/c15-12-6-3-7-14-11(12)8-9-13(16-14)10-4-1-2-5-10/h3-4,6-9H,1-2,5H2. The van der Waals surface area contributed by atoms with Gasteiger partial charge in [-0.3, -0.25) is 0 Å². The monoisotopic (exact) mass is 213 g/mol. The van der Waals surface area contributed by atoms with Gasteiger partial charge >= 0.3 is 0 Å². The molecular formula is C14H12FN. The van der Waals surface area contributed by atoms with Crippen LogP contribution in [0.2, 0.25) is 0 Å². The molecule has 0 bridgehead atoms. The summed E-state index contributed by atoms with van der Waals surface area (Å²) in [5.74, 6) is -0.197. The molecule has 0 fully saturated rings. The van der Waals surface area contributed by atoms with E-state index < -0.39 is 0 Å². The Kier molecular flexibility index (Phi) is 2.21. The van der Waals surface area contributed by atoms with E-state index >= 15 is 0 Å². The van der Waals surface area contributed by atoms with Crippen LogP contribution in [0, 0.1) is 5.82 Å². The Balaban J connectivity index is 2.16. The molecule has 0 unspecified atom stereocenters. The number of hydrogen-bond acceptors (Lipinski definition) is 1. The van der Waals surface area contributed by atoms with Gasteiger partial charge < -0.3 is 0 Å². The van der Waals surface area contributed by atoms with Gasteiger partial charge in [-0.15, -0.1) is 0 Å². The molecule has 1 aromatic heterocycles. The Hall–Kier alpha value is -1.70. The van der Waals surface area contributed by atoms with E-state index in [1.165, 1.54) is 18.1 Å². The third kappa shape index (κ3) is 1.51. The van der Waals surface area contributed by atoms with E-state index in [1.54, 1.807) is 6.07 Å². The fourth-order valence-corrected chi connectivity index (χ4v) is 2.20. The number of pyridine rings is 1. The molecule has 1 aromatic carbocycles. The van der Waals surface area contributed by atoms with Crippen molar-refractivity contribution < 1.29 is 4.39 Å². The molecule has 0 saturated heterocycles. The Bertz CT molecular complexity index is 572. The van der Waals surface area contributed by atoms with Gasteiger partial charge in [0.2, 0.25) is 0 Å². The van der Waals surface area contributed by atoms with Crippen molar-refractivity contribution in [1.82, 2.24) is 4.98 Å². The summed E-state index contributed by atoms with van der Waals surface area (Å²) in [6.07, 6.45) is 5.66. The predicted octanol–water partition coefficient (Wildman–Crippen LogP) is 3.94. The lowest BCUT2D eigenvalue weighted by molar-refractivity contribution is 0.639. The highest BCUT2D eigenvalue weighted by molar-refractivity contribution is 5.81. The van der Waals surface area contributed by atoms with Crippen molar-refractivity contribution in [3.8, 4) is 0 Å². The van der Waals surface area contributed by atoms with Crippen molar-refractivity contribution in [2.24, 2.45) is 0 Å². The van der Waals surface area contributed by atoms with Crippen LogP contribution in [0.1, 0.15) is 25.0 Å². The first-order chi connectivity index (χ1) is 7.84. The molecule has 1 heterocycles. The molecule has 1 aliphatic carbocycles. The summed E-state index contributed by atoms with van der Waals surface area (Å²) in [5, 5.41) is 0.602. The van der Waals surface area contributed by atoms with Gasteiger partial charge in [0.25, 0.3) is 0 Å². The first-order valence-corrected chi connectivity index (χ1v) is 5.59. The van der Waals surface area contributed by atoms with Gasteiger partial charge in [0, 0.05) is 5.39 Å². The van der Waals surface area contributed by atoms with Gasteiger partial charge in [0.15, 0.2) is 0 Å². The number of aromatic nitrogens is 1. The SMILES string of the molecule is Fc1cccc2nc(C3=CCCC3)ccc12. The van der Waals surface area contributed by atoms with E-state index in [0.29, 0.717) is 5.39 Å². The highest BCUT2D eigenvalue weighted by Gasteiger charge is 2.09. The average molecular weight is 213 g/mol. The maximum absolute atomic E-state index is 13.4. The van der Waals surface area contributed by atoms with E-state index in [2.05, 4.69) is 11.1 Å². The lowest BCUT2D eigenvalue weighted by Crippen LogP contribution is -1.89. The van der Waals surface area contributed by atoms with Gasteiger partial charge in [-0.05, 0) is 49.1 Å². The maximum Gasteiger partial charge on any atom is 0.132 e. The van der Waals surface area contributed by atoms with Crippen molar-refractivity contribution in [1.29, 1.82) is 0 Å². The molecule has 16 heavy (non-hydrogen) atoms. The number of fused-ring (bicyclic) bond motifs is 1. The molecule has 0 N–H and O–H groups in total. The summed E-state index contributed by atoms with van der Waals surface area (Å²) in [4.78, 5) is 4.51. The van der Waals surface area contributed by atoms with Crippen molar-refractivity contribution in [2.45, 2.75) is 19.3 Å². The van der Waals surface area contributed by atoms with E-state index in [0.717, 1.165) is 24.1 Å². The third-order valence-corrected chi connectivity index (χ3v) is 3.05. The summed E-state index contributed by atoms with van der Waals surface area (Å²) < 4.78 is 13.4. The maximum atomic E-state index is 13.4. The number of allylic oxidation sites excluding steroid dienone is 2. The van der Waals surface area contributed by atoms with Crippen molar-refractivity contribution in [3.63, 3.8) is 0 Å². The average Bonchev–Trinajstić information content (AvgIpc) is 2.82. The molecule has 0 atom stereocenters. The number of halogens is 1. The minimum Gasteiger partial charge on any atom is -0.248 e. The van der Waals surface area contributed by atoms with Crippen molar-refractivity contribution >= 4 is 16.5 Å². The topological polar surface area (TPSA) is 12.9 Å². The second-order valence-electron chi connectivity index (χ2n) is 4.12. The molecule has 0 saturated carbocycles. The smallest absolute Gasteiger partial charge is 0.132 e. The van der Waals surface area contributed by atoms with Crippen LogP contribution in [0.4, 0.5) is 4.39 Å². The second kappa shape index (κ2) is 3.71. The molecule has 0 aliphatic heterocycles. The van der Waals surface area contributed by atoms with Crippen LogP contribution in [-0.4, -0.2) is 4.98 Å². The van der Waals surface area contributed by atoms with Crippen molar-refractivity contribution in [3.05, 3.63) is 47.9 Å². The third-order valence-electron chi connectivity index (χ3n) is 3.05. The van der Waals surface area contributed by atoms with Gasteiger partial charge in [-0.1, -0.05) is 12.1 Å². The zero-order chi connectivity index (χ0) is 11.0. The molecule has 80 valence electrons. The molecule has 1 aliphatic rings. The fourth-order valence-electron chi connectivity index (χ4n) is 2.20. The van der Waals surface area contributed by atoms with Crippen molar-refractivity contribution in [2.75, 3.05) is 0 Å². The molecule has 2 aromatic rings. The van der Waals surface area contributed by atoms with Gasteiger partial charge in [0.05, 0.1) is 11.2 Å². The molecule has 3 rings (SSSR count). The quantitative estimate of drug-likeness (QED) is 0.699. The Morgan fingerprint density at radius 3 is 2.88 bits per heavy atom. The van der Waals surface area contributed by atoms with Crippen LogP contribution < -0.4 is 0 Å². The summed E-state index contributed by atoms with van der Waals surface area (Å²) >= 11 is 0. The molecule has 0 radical (unpaired) electrons. The Morgan fingerprint density at radius 2 is 2.06 bits per heavy atom. The minimum atomic E-state index is -0.197. The molecular weight excluding hydrogens is 201 g/mol.